The van der Waals surface area contributed by atoms with Gasteiger partial charge in [-0.15, -0.1) is 0 Å². The Balaban J connectivity index is 1.58. The topological polar surface area (TPSA) is 160 Å². The van der Waals surface area contributed by atoms with Gasteiger partial charge in [-0.2, -0.15) is 0 Å². The second-order valence-corrected chi connectivity index (χ2v) is 13.5. The van der Waals surface area contributed by atoms with Gasteiger partial charge in [-0.25, -0.2) is 22.0 Å². The molecule has 11 nitrogen and oxygen atoms in total. The summed E-state index contributed by atoms with van der Waals surface area (Å²) in [6.45, 7) is 4.31. The fraction of sp³-hybridized carbons (Fsp3) is 0.220. The average molecular weight is 792 g/mol. The van der Waals surface area contributed by atoms with Crippen LogP contribution in [0, 0.1) is 42.9 Å². The van der Waals surface area contributed by atoms with Gasteiger partial charge in [-0.05, 0) is 75.7 Å². The Morgan fingerprint density at radius 1 is 0.789 bits per heavy atom. The van der Waals surface area contributed by atoms with Crippen LogP contribution in [-0.4, -0.2) is 61.3 Å². The largest absolute Gasteiger partial charge is 0.505 e. The Bertz CT molecular complexity index is 2650. The number of aliphatic hydroxyl groups is 1. The van der Waals surface area contributed by atoms with Crippen molar-refractivity contribution in [1.82, 2.24) is 14.5 Å². The molecule has 57 heavy (non-hydrogen) atoms. The number of carbonyl (C=O) groups excluding carboxylic acids is 4. The Kier molecular flexibility index (Phi) is 10.7. The molecule has 0 aliphatic carbocycles. The fourth-order valence-electron chi connectivity index (χ4n) is 7.16. The first-order valence-electron chi connectivity index (χ1n) is 17.4. The lowest BCUT2D eigenvalue weighted by atomic mass is 9.78. The van der Waals surface area contributed by atoms with Gasteiger partial charge in [0.25, 0.3) is 17.7 Å². The number of hydrogen-bond acceptors (Lipinski definition) is 8. The van der Waals surface area contributed by atoms with Gasteiger partial charge in [0.05, 0.1) is 23.1 Å². The Hall–Kier alpha value is -6.55. The zero-order chi connectivity index (χ0) is 41.7. The van der Waals surface area contributed by atoms with E-state index in [0.29, 0.717) is 6.07 Å². The summed E-state index contributed by atoms with van der Waals surface area (Å²) in [7, 11) is 0. The van der Waals surface area contributed by atoms with Gasteiger partial charge >= 0.3 is 5.97 Å². The quantitative estimate of drug-likeness (QED) is 0.0876. The van der Waals surface area contributed by atoms with Gasteiger partial charge < -0.3 is 25.4 Å². The minimum atomic E-state index is -2.16. The Morgan fingerprint density at radius 3 is 1.91 bits per heavy atom. The number of ether oxygens (including phenoxy) is 1. The summed E-state index contributed by atoms with van der Waals surface area (Å²) in [5, 5.41) is 31.6. The van der Waals surface area contributed by atoms with Crippen LogP contribution in [0.5, 0.6) is 11.5 Å². The van der Waals surface area contributed by atoms with Crippen molar-refractivity contribution in [3.05, 3.63) is 129 Å². The van der Waals surface area contributed by atoms with Crippen molar-refractivity contribution < 1.29 is 61.2 Å². The highest BCUT2D eigenvalue weighted by Gasteiger charge is 2.45. The number of amides is 1. The van der Waals surface area contributed by atoms with E-state index in [1.165, 1.54) is 52.0 Å². The molecule has 0 radical (unpaired) electrons. The van der Waals surface area contributed by atoms with E-state index in [1.807, 2.05) is 0 Å². The fourth-order valence-corrected chi connectivity index (χ4v) is 7.16. The number of aromatic nitrogens is 2. The van der Waals surface area contributed by atoms with Crippen LogP contribution in [0.15, 0.2) is 66.7 Å². The normalized spacial score (nSPS) is 13.1. The molecule has 4 aromatic carbocycles. The van der Waals surface area contributed by atoms with E-state index < -0.39 is 111 Å². The van der Waals surface area contributed by atoms with Crippen LogP contribution in [0.25, 0.3) is 21.8 Å². The number of benzene rings is 4. The van der Waals surface area contributed by atoms with E-state index in [9.17, 15) is 47.7 Å². The number of phenols is 2. The summed E-state index contributed by atoms with van der Waals surface area (Å²) in [5.41, 5.74) is -4.21. The zero-order valence-electron chi connectivity index (χ0n) is 30.7. The molecule has 1 amide bonds. The van der Waals surface area contributed by atoms with E-state index in [1.54, 1.807) is 0 Å². The maximum atomic E-state index is 16.1. The molecule has 0 spiro atoms. The van der Waals surface area contributed by atoms with Crippen LogP contribution in [0.1, 0.15) is 69.6 Å². The first-order chi connectivity index (χ1) is 27.0. The third kappa shape index (κ3) is 6.64. The third-order valence-corrected chi connectivity index (χ3v) is 10.1. The first kappa shape index (κ1) is 40.1. The number of nitrogens with one attached hydrogen (secondary N) is 1. The highest BCUT2D eigenvalue weighted by Crippen LogP contribution is 2.45. The maximum absolute atomic E-state index is 16.1. The molecule has 0 fully saturated rings. The number of fused-ring (bicyclic) bond motifs is 2. The van der Waals surface area contributed by atoms with Crippen LogP contribution in [-0.2, 0) is 19.7 Å². The lowest BCUT2D eigenvalue weighted by Crippen LogP contribution is -2.40. The summed E-state index contributed by atoms with van der Waals surface area (Å²) in [4.78, 5) is 56.4. The van der Waals surface area contributed by atoms with Gasteiger partial charge in [0.1, 0.15) is 11.6 Å². The van der Waals surface area contributed by atoms with E-state index in [-0.39, 0.29) is 40.0 Å². The summed E-state index contributed by atoms with van der Waals surface area (Å²) < 4.78 is 83.2. The van der Waals surface area contributed by atoms with Crippen molar-refractivity contribution in [2.24, 2.45) is 0 Å². The molecule has 296 valence electrons. The Labute approximate surface area is 320 Å². The smallest absolute Gasteiger partial charge is 0.317 e. The SMILES string of the molecule is CCC(C)(C(=O)OC(C(=O)NCCO)c1c(C)n(C(=O)c2cccc(F)c2)c2ccc(O)c(F)c12)c1c(C)n(C(=O)c2cccc(F)c2)c2cc(F)c(O)c(F)c12. The summed E-state index contributed by atoms with van der Waals surface area (Å²) in [6.07, 6.45) is -2.43. The monoisotopic (exact) mass is 791 g/mol. The predicted molar refractivity (Wildman–Crippen MR) is 195 cm³/mol. The van der Waals surface area contributed by atoms with Crippen molar-refractivity contribution in [1.29, 1.82) is 0 Å². The molecule has 0 saturated heterocycles. The molecule has 0 bridgehead atoms. The van der Waals surface area contributed by atoms with E-state index >= 15 is 8.78 Å². The maximum Gasteiger partial charge on any atom is 0.317 e. The molecule has 6 aromatic rings. The highest BCUT2D eigenvalue weighted by molar-refractivity contribution is 6.08. The minimum absolute atomic E-state index is 0.157. The molecular formula is C41H34F5N3O8. The molecule has 0 saturated carbocycles. The number of halogens is 5. The van der Waals surface area contributed by atoms with Crippen LogP contribution in [0.2, 0.25) is 0 Å². The molecule has 2 atom stereocenters. The molecule has 2 unspecified atom stereocenters. The number of aliphatic hydroxyl groups excluding tert-OH is 1. The van der Waals surface area contributed by atoms with Crippen molar-refractivity contribution in [2.75, 3.05) is 13.2 Å². The van der Waals surface area contributed by atoms with E-state index in [2.05, 4.69) is 5.32 Å². The van der Waals surface area contributed by atoms with Gasteiger partial charge in [0.15, 0.2) is 29.0 Å². The van der Waals surface area contributed by atoms with Crippen molar-refractivity contribution in [3.63, 3.8) is 0 Å². The lowest BCUT2D eigenvalue weighted by molar-refractivity contribution is -0.161. The summed E-state index contributed by atoms with van der Waals surface area (Å²) >= 11 is 0. The highest BCUT2D eigenvalue weighted by atomic mass is 19.1. The minimum Gasteiger partial charge on any atom is -0.505 e. The van der Waals surface area contributed by atoms with Crippen LogP contribution in [0.4, 0.5) is 22.0 Å². The zero-order valence-corrected chi connectivity index (χ0v) is 30.7. The first-order valence-corrected chi connectivity index (χ1v) is 17.4. The van der Waals surface area contributed by atoms with Gasteiger partial charge in [0.2, 0.25) is 6.10 Å². The van der Waals surface area contributed by atoms with Gasteiger partial charge in [-0.3, -0.25) is 28.3 Å². The summed E-state index contributed by atoms with van der Waals surface area (Å²) in [6, 6.07) is 11.8. The van der Waals surface area contributed by atoms with Crippen molar-refractivity contribution in [2.45, 2.75) is 45.6 Å². The van der Waals surface area contributed by atoms with Crippen LogP contribution >= 0.6 is 0 Å². The molecular weight excluding hydrogens is 757 g/mol. The van der Waals surface area contributed by atoms with E-state index in [4.69, 9.17) is 4.74 Å². The molecule has 0 aliphatic rings. The van der Waals surface area contributed by atoms with Crippen LogP contribution < -0.4 is 5.32 Å². The third-order valence-electron chi connectivity index (χ3n) is 10.1. The molecule has 2 heterocycles. The summed E-state index contributed by atoms with van der Waals surface area (Å²) in [5.74, 6) is -12.5. The lowest BCUT2D eigenvalue weighted by Gasteiger charge is -2.30. The van der Waals surface area contributed by atoms with Crippen molar-refractivity contribution in [3.8, 4) is 11.5 Å². The molecule has 4 N–H and O–H groups in total. The standard InChI is InChI=1S/C41H34F5N3O8/c1-5-41(4,32-20(3)49(39(55)22-9-7-11-24(43)17-22)27-18-25(44)35(52)34(46)31(27)32)40(56)57-36(37(53)47-14-15-50)29-19(2)48(26-12-13-28(51)33(45)30(26)29)38(54)21-8-6-10-23(42)16-21/h6-13,16-18,36,50-52H,5,14-15H2,1-4H3,(H,47,53). The van der Waals surface area contributed by atoms with Crippen LogP contribution in [0.3, 0.4) is 0 Å². The number of nitrogens with zero attached hydrogens (tertiary/aromatic N) is 2. The molecule has 6 rings (SSSR count). The number of hydrogen-bond donors (Lipinski definition) is 4. The van der Waals surface area contributed by atoms with E-state index in [0.717, 1.165) is 45.5 Å². The second kappa shape index (κ2) is 15.2. The van der Waals surface area contributed by atoms with Gasteiger partial charge in [0, 0.05) is 57.0 Å². The Morgan fingerprint density at radius 2 is 1.37 bits per heavy atom. The number of phenolic OH excluding ortho intramolecular Hbond substituents is 2. The van der Waals surface area contributed by atoms with Gasteiger partial charge in [-0.1, -0.05) is 19.1 Å². The molecule has 0 aliphatic heterocycles. The number of rotatable bonds is 10. The molecule has 2 aromatic heterocycles. The predicted octanol–water partition coefficient (Wildman–Crippen LogP) is 6.76. The molecule has 16 heteroatoms. The second-order valence-electron chi connectivity index (χ2n) is 13.5. The number of esters is 1. The number of carbonyl (C=O) groups is 4. The average Bonchev–Trinajstić information content (AvgIpc) is 3.65. The number of aromatic hydroxyl groups is 2. The van der Waals surface area contributed by atoms with Crippen molar-refractivity contribution >= 4 is 45.5 Å².